The standard InChI is InChI=1S/C28H34N6O2/c1-20-9-10-21(2)25(17-20)32-15-13-31(14-16-32)12-6-11-29-27(36)19-33-24-8-5-4-7-23(24)28-30-26(35)18-22(3)34(28)33/h4-5,7-10,17-18H,6,11-16,19H2,1-3H3,(H,29,36). The number of fused-ring (bicyclic) bond motifs is 3. The summed E-state index contributed by atoms with van der Waals surface area (Å²) in [7, 11) is 0. The molecule has 0 spiro atoms. The van der Waals surface area contributed by atoms with Crippen LogP contribution < -0.4 is 15.8 Å². The Morgan fingerprint density at radius 2 is 1.78 bits per heavy atom. The first-order chi connectivity index (χ1) is 17.4. The molecule has 3 heterocycles. The molecular formula is C28H34N6O2. The summed E-state index contributed by atoms with van der Waals surface area (Å²) < 4.78 is 3.76. The molecule has 2 aromatic carbocycles. The monoisotopic (exact) mass is 486 g/mol. The predicted molar refractivity (Wildman–Crippen MR) is 144 cm³/mol. The molecule has 0 unspecified atom stereocenters. The van der Waals surface area contributed by atoms with Crippen LogP contribution in [0.25, 0.3) is 16.6 Å². The highest BCUT2D eigenvalue weighted by Gasteiger charge is 2.19. The predicted octanol–water partition coefficient (Wildman–Crippen LogP) is 2.90. The molecule has 1 N–H and O–H groups in total. The number of carbonyl (C=O) groups excluding carboxylic acids is 1. The van der Waals surface area contributed by atoms with Gasteiger partial charge in [-0.05, 0) is 63.1 Å². The maximum Gasteiger partial charge on any atom is 0.273 e. The second-order valence-corrected chi connectivity index (χ2v) is 9.77. The third-order valence-corrected chi connectivity index (χ3v) is 7.09. The van der Waals surface area contributed by atoms with Crippen LogP contribution >= 0.6 is 0 Å². The molecule has 4 aromatic rings. The van der Waals surface area contributed by atoms with Crippen LogP contribution in [0.15, 0.2) is 53.3 Å². The zero-order chi connectivity index (χ0) is 25.2. The second kappa shape index (κ2) is 10.1. The Bertz CT molecular complexity index is 1460. The van der Waals surface area contributed by atoms with Crippen molar-refractivity contribution in [2.45, 2.75) is 33.7 Å². The zero-order valence-electron chi connectivity index (χ0n) is 21.3. The molecule has 0 atom stereocenters. The molecular weight excluding hydrogens is 452 g/mol. The van der Waals surface area contributed by atoms with Crippen molar-refractivity contribution in [1.82, 2.24) is 24.4 Å². The van der Waals surface area contributed by atoms with E-state index in [0.29, 0.717) is 12.2 Å². The summed E-state index contributed by atoms with van der Waals surface area (Å²) in [6.07, 6.45) is 0.912. The van der Waals surface area contributed by atoms with E-state index in [1.54, 1.807) is 0 Å². The van der Waals surface area contributed by atoms with Gasteiger partial charge in [0.1, 0.15) is 6.54 Å². The molecule has 1 saturated heterocycles. The Hall–Kier alpha value is -3.65. The van der Waals surface area contributed by atoms with Crippen molar-refractivity contribution in [2.75, 3.05) is 44.2 Å². The smallest absolute Gasteiger partial charge is 0.273 e. The van der Waals surface area contributed by atoms with Crippen molar-refractivity contribution in [3.8, 4) is 0 Å². The number of carbonyl (C=O) groups is 1. The molecule has 0 saturated carbocycles. The fourth-order valence-corrected chi connectivity index (χ4v) is 5.22. The number of benzene rings is 2. The summed E-state index contributed by atoms with van der Waals surface area (Å²) in [5, 5.41) is 3.94. The zero-order valence-corrected chi connectivity index (χ0v) is 21.3. The van der Waals surface area contributed by atoms with Gasteiger partial charge in [0.15, 0.2) is 5.65 Å². The van der Waals surface area contributed by atoms with Crippen molar-refractivity contribution < 1.29 is 4.79 Å². The van der Waals surface area contributed by atoms with Crippen LogP contribution in [0.4, 0.5) is 5.69 Å². The van der Waals surface area contributed by atoms with Crippen molar-refractivity contribution >= 4 is 28.1 Å². The molecule has 5 rings (SSSR count). The molecule has 1 aliphatic rings. The Labute approximate surface area is 211 Å². The first-order valence-electron chi connectivity index (χ1n) is 12.7. The number of amides is 1. The van der Waals surface area contributed by atoms with E-state index in [9.17, 15) is 9.59 Å². The number of para-hydroxylation sites is 1. The Kier molecular flexibility index (Phi) is 6.78. The summed E-state index contributed by atoms with van der Waals surface area (Å²) >= 11 is 0. The number of aryl methyl sites for hydroxylation is 3. The van der Waals surface area contributed by atoms with Gasteiger partial charge in [0, 0.05) is 55.6 Å². The van der Waals surface area contributed by atoms with Crippen LogP contribution in [0.1, 0.15) is 23.2 Å². The number of anilines is 1. The minimum Gasteiger partial charge on any atom is -0.369 e. The lowest BCUT2D eigenvalue weighted by atomic mass is 10.1. The molecule has 0 radical (unpaired) electrons. The number of piperazine rings is 1. The Morgan fingerprint density at radius 1 is 1.00 bits per heavy atom. The van der Waals surface area contributed by atoms with Crippen molar-refractivity contribution in [3.63, 3.8) is 0 Å². The van der Waals surface area contributed by atoms with Gasteiger partial charge in [0.2, 0.25) is 5.91 Å². The topological polar surface area (TPSA) is 74.9 Å². The van der Waals surface area contributed by atoms with Crippen LogP contribution in [0.3, 0.4) is 0 Å². The molecule has 1 amide bonds. The van der Waals surface area contributed by atoms with Gasteiger partial charge < -0.3 is 10.2 Å². The van der Waals surface area contributed by atoms with Gasteiger partial charge in [-0.15, -0.1) is 0 Å². The SMILES string of the molecule is Cc1ccc(C)c(N2CCN(CCCNC(=O)Cn3c4ccccc4c4nc(=O)cc(C)n43)CC2)c1. The highest BCUT2D eigenvalue weighted by Crippen LogP contribution is 2.23. The Balaban J connectivity index is 1.14. The van der Waals surface area contributed by atoms with Gasteiger partial charge >= 0.3 is 0 Å². The number of nitrogens with zero attached hydrogens (tertiary/aromatic N) is 5. The van der Waals surface area contributed by atoms with E-state index in [-0.39, 0.29) is 18.0 Å². The van der Waals surface area contributed by atoms with Gasteiger partial charge in [-0.25, -0.2) is 4.52 Å². The molecule has 8 nitrogen and oxygen atoms in total. The fourth-order valence-electron chi connectivity index (χ4n) is 5.22. The highest BCUT2D eigenvalue weighted by atomic mass is 16.2. The number of nitrogens with one attached hydrogen (secondary N) is 1. The van der Waals surface area contributed by atoms with E-state index in [0.717, 1.165) is 55.7 Å². The van der Waals surface area contributed by atoms with Crippen molar-refractivity contribution in [2.24, 2.45) is 0 Å². The third kappa shape index (κ3) is 4.86. The molecule has 36 heavy (non-hydrogen) atoms. The van der Waals surface area contributed by atoms with E-state index in [1.807, 2.05) is 40.4 Å². The van der Waals surface area contributed by atoms with E-state index in [1.165, 1.54) is 22.9 Å². The molecule has 0 bridgehead atoms. The first-order valence-corrected chi connectivity index (χ1v) is 12.7. The summed E-state index contributed by atoms with van der Waals surface area (Å²) in [4.78, 5) is 34.0. The summed E-state index contributed by atoms with van der Waals surface area (Å²) in [5.74, 6) is -0.0458. The van der Waals surface area contributed by atoms with Crippen LogP contribution in [0.5, 0.6) is 0 Å². The normalized spacial score (nSPS) is 14.6. The average molecular weight is 487 g/mol. The van der Waals surface area contributed by atoms with Crippen molar-refractivity contribution in [3.05, 3.63) is 75.7 Å². The lowest BCUT2D eigenvalue weighted by molar-refractivity contribution is -0.121. The first kappa shape index (κ1) is 24.1. The van der Waals surface area contributed by atoms with E-state index in [2.05, 4.69) is 52.1 Å². The molecule has 1 aliphatic heterocycles. The minimum absolute atomic E-state index is 0.0458. The molecule has 188 valence electrons. The van der Waals surface area contributed by atoms with Gasteiger partial charge in [-0.1, -0.05) is 24.3 Å². The second-order valence-electron chi connectivity index (χ2n) is 9.77. The van der Waals surface area contributed by atoms with Crippen LogP contribution in [0.2, 0.25) is 0 Å². The quantitative estimate of drug-likeness (QED) is 0.407. The lowest BCUT2D eigenvalue weighted by Gasteiger charge is -2.37. The number of rotatable bonds is 7. The molecule has 1 fully saturated rings. The maximum absolute atomic E-state index is 12.8. The Morgan fingerprint density at radius 3 is 2.58 bits per heavy atom. The van der Waals surface area contributed by atoms with Crippen LogP contribution in [-0.4, -0.2) is 64.3 Å². The van der Waals surface area contributed by atoms with Crippen LogP contribution in [0, 0.1) is 20.8 Å². The number of hydrogen-bond donors (Lipinski definition) is 1. The summed E-state index contributed by atoms with van der Waals surface area (Å²) in [6, 6.07) is 15.9. The van der Waals surface area contributed by atoms with E-state index >= 15 is 0 Å². The average Bonchev–Trinajstić information content (AvgIpc) is 3.17. The van der Waals surface area contributed by atoms with Gasteiger partial charge in [0.05, 0.1) is 5.52 Å². The van der Waals surface area contributed by atoms with Gasteiger partial charge in [-0.3, -0.25) is 19.2 Å². The maximum atomic E-state index is 12.8. The fraction of sp³-hybridized carbons (Fsp3) is 0.393. The van der Waals surface area contributed by atoms with Gasteiger partial charge in [-0.2, -0.15) is 4.98 Å². The lowest BCUT2D eigenvalue weighted by Crippen LogP contribution is -2.47. The van der Waals surface area contributed by atoms with Gasteiger partial charge in [0.25, 0.3) is 5.56 Å². The van der Waals surface area contributed by atoms with E-state index in [4.69, 9.17) is 0 Å². The van der Waals surface area contributed by atoms with E-state index < -0.39 is 0 Å². The summed E-state index contributed by atoms with van der Waals surface area (Å²) in [5.41, 5.74) is 5.94. The third-order valence-electron chi connectivity index (χ3n) is 7.09. The highest BCUT2D eigenvalue weighted by molar-refractivity contribution is 5.93. The molecule has 8 heteroatoms. The van der Waals surface area contributed by atoms with Crippen molar-refractivity contribution in [1.29, 1.82) is 0 Å². The largest absolute Gasteiger partial charge is 0.369 e. The molecule has 0 aliphatic carbocycles. The molecule has 2 aromatic heterocycles. The minimum atomic E-state index is -0.269. The number of hydrogen-bond acceptors (Lipinski definition) is 5. The number of aromatic nitrogens is 3. The van der Waals surface area contributed by atoms with Crippen LogP contribution in [-0.2, 0) is 11.3 Å². The summed E-state index contributed by atoms with van der Waals surface area (Å²) in [6.45, 7) is 12.1.